The summed E-state index contributed by atoms with van der Waals surface area (Å²) < 4.78 is 0. The number of benzene rings is 1. The molecule has 2 rings (SSSR count). The molecule has 0 aromatic heterocycles. The molecule has 0 amide bonds. The average molecular weight is 203 g/mol. The molecule has 1 aromatic carbocycles. The number of nitrogens with one attached hydrogen (secondary N) is 1. The molecule has 1 heteroatoms. The first-order valence-electron chi connectivity index (χ1n) is 6.06. The molecule has 0 heterocycles. The number of hydrogen-bond donors (Lipinski definition) is 1. The first kappa shape index (κ1) is 10.7. The van der Waals surface area contributed by atoms with E-state index in [2.05, 4.69) is 49.5 Å². The molecule has 0 unspecified atom stereocenters. The van der Waals surface area contributed by atoms with Gasteiger partial charge in [-0.3, -0.25) is 0 Å². The molecule has 0 spiro atoms. The van der Waals surface area contributed by atoms with Crippen molar-refractivity contribution < 1.29 is 0 Å². The fraction of sp³-hybridized carbons (Fsp3) is 0.571. The Morgan fingerprint density at radius 2 is 1.93 bits per heavy atom. The maximum atomic E-state index is 3.73. The molecule has 1 saturated carbocycles. The molecule has 0 aliphatic heterocycles. The lowest BCUT2D eigenvalue weighted by Gasteiger charge is -2.19. The summed E-state index contributed by atoms with van der Waals surface area (Å²) in [7, 11) is 0. The van der Waals surface area contributed by atoms with Crippen molar-refractivity contribution in [2.24, 2.45) is 5.92 Å². The van der Waals surface area contributed by atoms with Gasteiger partial charge in [0.1, 0.15) is 0 Å². The van der Waals surface area contributed by atoms with Crippen LogP contribution in [0, 0.1) is 5.92 Å². The summed E-state index contributed by atoms with van der Waals surface area (Å²) >= 11 is 0. The van der Waals surface area contributed by atoms with E-state index < -0.39 is 0 Å². The third-order valence-corrected chi connectivity index (χ3v) is 3.48. The molecular weight excluding hydrogens is 182 g/mol. The van der Waals surface area contributed by atoms with Crippen molar-refractivity contribution in [3.63, 3.8) is 0 Å². The summed E-state index contributed by atoms with van der Waals surface area (Å²) in [6, 6.07) is 11.9. The Kier molecular flexibility index (Phi) is 3.42. The Bertz CT molecular complexity index is 293. The van der Waals surface area contributed by atoms with Crippen LogP contribution in [-0.2, 0) is 0 Å². The van der Waals surface area contributed by atoms with Crippen molar-refractivity contribution in [3.8, 4) is 0 Å². The van der Waals surface area contributed by atoms with Crippen LogP contribution >= 0.6 is 0 Å². The monoisotopic (exact) mass is 203 g/mol. The lowest BCUT2D eigenvalue weighted by atomic mass is 10.1. The fourth-order valence-corrected chi connectivity index (χ4v) is 2.55. The largest absolute Gasteiger partial charge is 0.307 e. The van der Waals surface area contributed by atoms with Gasteiger partial charge in [-0.1, -0.05) is 37.3 Å². The first-order valence-corrected chi connectivity index (χ1v) is 6.06. The van der Waals surface area contributed by atoms with Crippen LogP contribution in [0.15, 0.2) is 30.3 Å². The topological polar surface area (TPSA) is 12.0 Å². The lowest BCUT2D eigenvalue weighted by Crippen LogP contribution is -2.29. The van der Waals surface area contributed by atoms with Crippen LogP contribution in [0.1, 0.15) is 44.7 Å². The second kappa shape index (κ2) is 4.80. The minimum Gasteiger partial charge on any atom is -0.307 e. The van der Waals surface area contributed by atoms with Crippen molar-refractivity contribution in [2.45, 2.75) is 45.2 Å². The molecular formula is C14H21N. The van der Waals surface area contributed by atoms with E-state index in [1.165, 1.54) is 24.8 Å². The zero-order valence-corrected chi connectivity index (χ0v) is 9.74. The Morgan fingerprint density at radius 3 is 2.53 bits per heavy atom. The van der Waals surface area contributed by atoms with E-state index in [1.54, 1.807) is 0 Å². The van der Waals surface area contributed by atoms with Crippen LogP contribution in [0.4, 0.5) is 0 Å². The highest BCUT2D eigenvalue weighted by Gasteiger charge is 2.22. The molecule has 1 fully saturated rings. The molecule has 1 aliphatic carbocycles. The molecule has 1 aliphatic rings. The smallest absolute Gasteiger partial charge is 0.0294 e. The minimum absolute atomic E-state index is 0.487. The maximum Gasteiger partial charge on any atom is 0.0294 e. The molecule has 0 radical (unpaired) electrons. The predicted molar refractivity (Wildman–Crippen MR) is 64.8 cm³/mol. The summed E-state index contributed by atoms with van der Waals surface area (Å²) in [6.45, 7) is 4.62. The van der Waals surface area contributed by atoms with Crippen molar-refractivity contribution in [2.75, 3.05) is 0 Å². The highest BCUT2D eigenvalue weighted by molar-refractivity contribution is 5.18. The summed E-state index contributed by atoms with van der Waals surface area (Å²) in [4.78, 5) is 0. The van der Waals surface area contributed by atoms with E-state index in [0.29, 0.717) is 6.04 Å². The van der Waals surface area contributed by atoms with Crippen LogP contribution in [-0.4, -0.2) is 6.04 Å². The predicted octanol–water partition coefficient (Wildman–Crippen LogP) is 3.53. The van der Waals surface area contributed by atoms with Crippen LogP contribution < -0.4 is 5.32 Å². The molecule has 82 valence electrons. The van der Waals surface area contributed by atoms with E-state index in [-0.39, 0.29) is 0 Å². The van der Waals surface area contributed by atoms with E-state index in [4.69, 9.17) is 0 Å². The standard InChI is InChI=1S/C14H21N/c1-11-8-9-14(10-11)15-12(2)13-6-4-3-5-7-13/h3-7,11-12,14-15H,8-10H2,1-2H3/t11-,12-,14+/m0/s1. The Balaban J connectivity index is 1.90. The molecule has 15 heavy (non-hydrogen) atoms. The number of rotatable bonds is 3. The molecule has 3 atom stereocenters. The van der Waals surface area contributed by atoms with Gasteiger partial charge in [0.2, 0.25) is 0 Å². The molecule has 1 N–H and O–H groups in total. The van der Waals surface area contributed by atoms with Crippen LogP contribution in [0.3, 0.4) is 0 Å². The fourth-order valence-electron chi connectivity index (χ4n) is 2.55. The third kappa shape index (κ3) is 2.82. The highest BCUT2D eigenvalue weighted by Crippen LogP contribution is 2.26. The van der Waals surface area contributed by atoms with Gasteiger partial charge in [0, 0.05) is 12.1 Å². The lowest BCUT2D eigenvalue weighted by molar-refractivity contribution is 0.449. The second-order valence-electron chi connectivity index (χ2n) is 4.91. The Hall–Kier alpha value is -0.820. The van der Waals surface area contributed by atoms with Crippen LogP contribution in [0.5, 0.6) is 0 Å². The average Bonchev–Trinajstić information content (AvgIpc) is 2.65. The second-order valence-corrected chi connectivity index (χ2v) is 4.91. The van der Waals surface area contributed by atoms with Gasteiger partial charge in [-0.15, -0.1) is 0 Å². The first-order chi connectivity index (χ1) is 7.25. The summed E-state index contributed by atoms with van der Waals surface area (Å²) in [6.07, 6.45) is 4.08. The van der Waals surface area contributed by atoms with E-state index in [0.717, 1.165) is 12.0 Å². The Morgan fingerprint density at radius 1 is 1.20 bits per heavy atom. The summed E-state index contributed by atoms with van der Waals surface area (Å²) in [5.41, 5.74) is 1.40. The van der Waals surface area contributed by atoms with Crippen LogP contribution in [0.2, 0.25) is 0 Å². The van der Waals surface area contributed by atoms with Crippen molar-refractivity contribution in [3.05, 3.63) is 35.9 Å². The number of hydrogen-bond acceptors (Lipinski definition) is 1. The molecule has 1 nitrogen and oxygen atoms in total. The Labute approximate surface area is 92.9 Å². The summed E-state index contributed by atoms with van der Waals surface area (Å²) in [5, 5.41) is 3.73. The highest BCUT2D eigenvalue weighted by atomic mass is 14.9. The summed E-state index contributed by atoms with van der Waals surface area (Å²) in [5.74, 6) is 0.908. The van der Waals surface area contributed by atoms with Gasteiger partial charge in [0.25, 0.3) is 0 Å². The van der Waals surface area contributed by atoms with E-state index in [1.807, 2.05) is 0 Å². The van der Waals surface area contributed by atoms with Crippen LogP contribution in [0.25, 0.3) is 0 Å². The van der Waals surface area contributed by atoms with Crippen molar-refractivity contribution in [1.29, 1.82) is 0 Å². The SMILES string of the molecule is C[C@H]1CC[C@@H](N[C@@H](C)c2ccccc2)C1. The molecule has 1 aromatic rings. The molecule has 0 bridgehead atoms. The van der Waals surface area contributed by atoms with Gasteiger partial charge in [-0.2, -0.15) is 0 Å². The zero-order chi connectivity index (χ0) is 10.7. The van der Waals surface area contributed by atoms with Gasteiger partial charge in [-0.25, -0.2) is 0 Å². The normalized spacial score (nSPS) is 27.9. The maximum absolute atomic E-state index is 3.73. The van der Waals surface area contributed by atoms with Gasteiger partial charge >= 0.3 is 0 Å². The van der Waals surface area contributed by atoms with Crippen molar-refractivity contribution >= 4 is 0 Å². The third-order valence-electron chi connectivity index (χ3n) is 3.48. The van der Waals surface area contributed by atoms with Crippen molar-refractivity contribution in [1.82, 2.24) is 5.32 Å². The van der Waals surface area contributed by atoms with Gasteiger partial charge in [0.05, 0.1) is 0 Å². The van der Waals surface area contributed by atoms with E-state index in [9.17, 15) is 0 Å². The quantitative estimate of drug-likeness (QED) is 0.792. The zero-order valence-electron chi connectivity index (χ0n) is 9.74. The van der Waals surface area contributed by atoms with E-state index >= 15 is 0 Å². The minimum atomic E-state index is 0.487. The molecule has 0 saturated heterocycles. The van der Waals surface area contributed by atoms with Gasteiger partial charge in [0.15, 0.2) is 0 Å². The van der Waals surface area contributed by atoms with Gasteiger partial charge in [-0.05, 0) is 37.7 Å². The van der Waals surface area contributed by atoms with Gasteiger partial charge < -0.3 is 5.32 Å².